The van der Waals surface area contributed by atoms with Crippen LogP contribution in [0.15, 0.2) is 54.6 Å². The number of fused-ring (bicyclic) bond motifs is 1. The lowest BCUT2D eigenvalue weighted by Crippen LogP contribution is -2.58. The number of esters is 2. The van der Waals surface area contributed by atoms with Crippen molar-refractivity contribution in [1.29, 1.82) is 0 Å². The van der Waals surface area contributed by atoms with Gasteiger partial charge < -0.3 is 44.1 Å². The van der Waals surface area contributed by atoms with E-state index in [-0.39, 0.29) is 38.8 Å². The number of benzene rings is 2. The van der Waals surface area contributed by atoms with Crippen molar-refractivity contribution in [1.82, 2.24) is 20.4 Å². The van der Waals surface area contributed by atoms with Crippen molar-refractivity contribution >= 4 is 44.0 Å². The van der Waals surface area contributed by atoms with Gasteiger partial charge in [0.1, 0.15) is 36.4 Å². The van der Waals surface area contributed by atoms with Crippen LogP contribution in [0, 0.1) is 5.92 Å². The average Bonchev–Trinajstić information content (AvgIpc) is 3.67. The number of amides is 4. The van der Waals surface area contributed by atoms with Gasteiger partial charge in [0, 0.05) is 34.2 Å². The summed E-state index contributed by atoms with van der Waals surface area (Å²) in [5.41, 5.74) is 1.58. The van der Waals surface area contributed by atoms with E-state index < -0.39 is 79.9 Å². The zero-order chi connectivity index (χ0) is 44.2. The summed E-state index contributed by atoms with van der Waals surface area (Å²) in [7, 11) is -1.40. The number of likely N-dealkylation sites (tertiary alicyclic amines) is 1. The number of hydrogen-bond donors (Lipinski definition) is 2. The Kier molecular flexibility index (Phi) is 17.1. The van der Waals surface area contributed by atoms with Gasteiger partial charge in [-0.3, -0.25) is 9.59 Å². The summed E-state index contributed by atoms with van der Waals surface area (Å²) in [6.07, 6.45) is -1.62. The van der Waals surface area contributed by atoms with Crippen LogP contribution in [0.2, 0.25) is 25.7 Å². The van der Waals surface area contributed by atoms with Gasteiger partial charge in [-0.2, -0.15) is 0 Å². The Hall–Kier alpha value is -4.96. The van der Waals surface area contributed by atoms with Gasteiger partial charge in [-0.05, 0) is 75.6 Å². The summed E-state index contributed by atoms with van der Waals surface area (Å²) in [5, 5.41) is 5.22. The maximum absolute atomic E-state index is 14.7. The first-order chi connectivity index (χ1) is 28.2. The number of carbonyl (C=O) groups excluding carboxylic acids is 6. The molecule has 0 unspecified atom stereocenters. The lowest BCUT2D eigenvalue weighted by molar-refractivity contribution is -0.170. The highest BCUT2D eigenvalue weighted by Crippen LogP contribution is 2.29. The summed E-state index contributed by atoms with van der Waals surface area (Å²) >= 11 is 0. The number of carbonyl (C=O) groups is 6. The Bertz CT molecular complexity index is 1800. The highest BCUT2D eigenvalue weighted by molar-refractivity contribution is 6.76. The first-order valence-corrected chi connectivity index (χ1v) is 24.5. The summed E-state index contributed by atoms with van der Waals surface area (Å²) < 4.78 is 27.6. The molecule has 2 aliphatic rings. The monoisotopic (exact) mass is 852 g/mol. The summed E-state index contributed by atoms with van der Waals surface area (Å²) in [6.45, 7) is 17.3. The third-order valence-corrected chi connectivity index (χ3v) is 11.8. The van der Waals surface area contributed by atoms with Crippen molar-refractivity contribution in [2.75, 3.05) is 19.9 Å². The van der Waals surface area contributed by atoms with E-state index in [1.165, 1.54) is 16.7 Å². The van der Waals surface area contributed by atoms with Gasteiger partial charge in [-0.25, -0.2) is 19.2 Å². The van der Waals surface area contributed by atoms with Crippen LogP contribution in [0.4, 0.5) is 9.59 Å². The number of ether oxygens (including phenoxy) is 5. The number of rotatable bonds is 17. The Morgan fingerprint density at radius 2 is 1.50 bits per heavy atom. The maximum atomic E-state index is 14.7. The third-order valence-electron chi connectivity index (χ3n) is 10.1. The predicted molar refractivity (Wildman–Crippen MR) is 226 cm³/mol. The van der Waals surface area contributed by atoms with Crippen LogP contribution in [0.1, 0.15) is 77.5 Å². The molecule has 4 amide bonds. The molecule has 2 heterocycles. The smallest absolute Gasteiger partial charge is 0.408 e. The fourth-order valence-electron chi connectivity index (χ4n) is 7.00. The maximum Gasteiger partial charge on any atom is 0.408 e. The Morgan fingerprint density at radius 1 is 0.833 bits per heavy atom. The third kappa shape index (κ3) is 14.6. The van der Waals surface area contributed by atoms with Gasteiger partial charge in [0.25, 0.3) is 0 Å². The van der Waals surface area contributed by atoms with Gasteiger partial charge in [0.05, 0.1) is 0 Å². The van der Waals surface area contributed by atoms with E-state index in [2.05, 4.69) is 30.3 Å². The van der Waals surface area contributed by atoms with Crippen molar-refractivity contribution in [3.63, 3.8) is 0 Å². The van der Waals surface area contributed by atoms with E-state index in [0.29, 0.717) is 25.9 Å². The van der Waals surface area contributed by atoms with Crippen LogP contribution in [-0.2, 0) is 62.4 Å². The highest BCUT2D eigenvalue weighted by atomic mass is 28.3. The van der Waals surface area contributed by atoms with Gasteiger partial charge in [0.2, 0.25) is 11.8 Å². The van der Waals surface area contributed by atoms with Crippen molar-refractivity contribution in [3.05, 3.63) is 71.3 Å². The second kappa shape index (κ2) is 21.5. The second-order valence-electron chi connectivity index (χ2n) is 18.1. The molecule has 2 N–H and O–H groups in total. The Morgan fingerprint density at radius 3 is 2.15 bits per heavy atom. The molecule has 0 radical (unpaired) electrons. The van der Waals surface area contributed by atoms with E-state index in [4.69, 9.17) is 23.7 Å². The average molecular weight is 853 g/mol. The molecule has 15 nitrogen and oxygen atoms in total. The fraction of sp³-hybridized carbons (Fsp3) is 0.591. The molecule has 2 aromatic carbocycles. The Balaban J connectivity index is 1.52. The molecule has 0 aromatic heterocycles. The molecule has 16 heteroatoms. The molecule has 0 bridgehead atoms. The number of nitrogens with one attached hydrogen (secondary N) is 2. The highest BCUT2D eigenvalue weighted by Gasteiger charge is 2.45. The number of nitrogens with zero attached hydrogens (tertiary/aromatic N) is 2. The van der Waals surface area contributed by atoms with Crippen LogP contribution in [-0.4, -0.2) is 110 Å². The summed E-state index contributed by atoms with van der Waals surface area (Å²) in [4.78, 5) is 85.3. The molecule has 0 aliphatic carbocycles. The molecular formula is C44H64N4O11Si. The summed E-state index contributed by atoms with van der Waals surface area (Å²) in [5.74, 6) is -2.54. The largest absolute Gasteiger partial charge is 0.458 e. The topological polar surface area (TPSA) is 179 Å². The van der Waals surface area contributed by atoms with Gasteiger partial charge in [-0.15, -0.1) is 0 Å². The first kappa shape index (κ1) is 47.7. The molecule has 2 aromatic rings. The molecule has 1 saturated heterocycles. The first-order valence-electron chi connectivity index (χ1n) is 20.8. The molecule has 0 saturated carbocycles. The minimum atomic E-state index is -1.47. The molecule has 330 valence electrons. The fourth-order valence-corrected chi connectivity index (χ4v) is 7.76. The van der Waals surface area contributed by atoms with Gasteiger partial charge >= 0.3 is 24.1 Å². The minimum absolute atomic E-state index is 0.0262. The van der Waals surface area contributed by atoms with Crippen LogP contribution in [0.25, 0.3) is 0 Å². The van der Waals surface area contributed by atoms with E-state index in [0.717, 1.165) is 22.7 Å². The van der Waals surface area contributed by atoms with E-state index in [1.807, 2.05) is 68.4 Å². The molecule has 5 atom stereocenters. The Labute approximate surface area is 355 Å². The van der Waals surface area contributed by atoms with Crippen molar-refractivity contribution < 1.29 is 52.5 Å². The lowest BCUT2D eigenvalue weighted by atomic mass is 9.93. The standard InChI is InChI=1S/C44H64N4O11Si/c1-29(2)24-34(45-42(53)56-27-31-16-11-10-12-17-31)38(49)47-21-15-20-35(47)39(50)48-26-33-19-14-13-18-32(33)25-36(48)40(51)58-30(3)37(46-43(54)59-44(4,5)6)41(52)57-28-55-22-23-60(7,8)9/h10-14,16-19,29-30,34-37H,15,20-28H2,1-9H3,(H,45,53)(H,46,54)/t30-,34+,35+,36+,37+/m1/s1. The predicted octanol–water partition coefficient (Wildman–Crippen LogP) is 5.95. The number of alkyl carbamates (subject to hydrolysis) is 2. The van der Waals surface area contributed by atoms with E-state index >= 15 is 0 Å². The SMILES string of the molecule is CC(C)C[C@H](NC(=O)OCc1ccccc1)C(=O)N1CCC[C@H]1C(=O)N1Cc2ccccc2C[C@H]1C(=O)O[C@H](C)[C@H](NC(=O)OC(C)(C)C)C(=O)OCOCC[Si](C)(C)C. The molecule has 4 rings (SSSR count). The second-order valence-corrected chi connectivity index (χ2v) is 23.7. The van der Waals surface area contributed by atoms with Crippen LogP contribution >= 0.6 is 0 Å². The normalized spacial score (nSPS) is 18.1. The van der Waals surface area contributed by atoms with Gasteiger partial charge in [0.15, 0.2) is 12.8 Å². The van der Waals surface area contributed by atoms with Crippen molar-refractivity contribution in [2.24, 2.45) is 5.92 Å². The van der Waals surface area contributed by atoms with Gasteiger partial charge in [-0.1, -0.05) is 88.1 Å². The quantitative estimate of drug-likeness (QED) is 0.0632. The van der Waals surface area contributed by atoms with E-state index in [1.54, 1.807) is 20.8 Å². The van der Waals surface area contributed by atoms with E-state index in [9.17, 15) is 28.8 Å². The van der Waals surface area contributed by atoms with Crippen molar-refractivity contribution in [2.45, 2.75) is 142 Å². The molecule has 0 spiro atoms. The molecule has 60 heavy (non-hydrogen) atoms. The molecular weight excluding hydrogens is 789 g/mol. The zero-order valence-corrected chi connectivity index (χ0v) is 37.6. The lowest BCUT2D eigenvalue weighted by Gasteiger charge is -2.39. The van der Waals surface area contributed by atoms with Crippen molar-refractivity contribution in [3.8, 4) is 0 Å². The molecule has 1 fully saturated rings. The van der Waals surface area contributed by atoms with Crippen LogP contribution < -0.4 is 10.6 Å². The molecule has 2 aliphatic heterocycles. The zero-order valence-electron chi connectivity index (χ0n) is 36.6. The van der Waals surface area contributed by atoms with Crippen LogP contribution in [0.5, 0.6) is 0 Å². The summed E-state index contributed by atoms with van der Waals surface area (Å²) in [6, 6.07) is 13.0. The van der Waals surface area contributed by atoms with Crippen LogP contribution in [0.3, 0.4) is 0 Å². The number of hydrogen-bond acceptors (Lipinski definition) is 11. The minimum Gasteiger partial charge on any atom is -0.458 e.